The molecule has 0 radical (unpaired) electrons. The first-order valence-electron chi connectivity index (χ1n) is 8.81. The van der Waals surface area contributed by atoms with Crippen LogP contribution in [-0.2, 0) is 0 Å². The number of aromatic nitrogens is 2. The van der Waals surface area contributed by atoms with Crippen molar-refractivity contribution in [2.75, 3.05) is 0 Å². The van der Waals surface area contributed by atoms with Crippen molar-refractivity contribution in [1.82, 2.24) is 9.97 Å². The van der Waals surface area contributed by atoms with Crippen LogP contribution in [0.5, 0.6) is 0 Å². The zero-order valence-corrected chi connectivity index (χ0v) is 18.6. The molecule has 0 spiro atoms. The highest BCUT2D eigenvalue weighted by Crippen LogP contribution is 2.31. The van der Waals surface area contributed by atoms with Crippen LogP contribution >= 0.6 is 31.9 Å². The summed E-state index contributed by atoms with van der Waals surface area (Å²) in [6.07, 6.45) is 0. The first kappa shape index (κ1) is 19.0. The van der Waals surface area contributed by atoms with Gasteiger partial charge in [-0.25, -0.2) is 0 Å². The summed E-state index contributed by atoms with van der Waals surface area (Å²) in [7, 11) is 0. The molecule has 3 aromatic carbocycles. The van der Waals surface area contributed by atoms with E-state index in [4.69, 9.17) is 14.4 Å². The van der Waals surface area contributed by atoms with Gasteiger partial charge < -0.3 is 0 Å². The van der Waals surface area contributed by atoms with E-state index in [0.29, 0.717) is 17.6 Å². The third-order valence-corrected chi connectivity index (χ3v) is 5.24. The molecule has 0 atom stereocenters. The summed E-state index contributed by atoms with van der Waals surface area (Å²) in [6, 6.07) is 22.3. The molecule has 0 bridgehead atoms. The largest absolute Gasteiger partial charge is 0.464 e. The van der Waals surface area contributed by atoms with Gasteiger partial charge in [-0.15, -0.1) is 9.97 Å². The second kappa shape index (κ2) is 7.94. The molecule has 0 saturated heterocycles. The first-order valence-corrected chi connectivity index (χ1v) is 10.4. The van der Waals surface area contributed by atoms with Gasteiger partial charge in [-0.1, -0.05) is 79.4 Å². The van der Waals surface area contributed by atoms with Crippen molar-refractivity contribution >= 4 is 31.9 Å². The van der Waals surface area contributed by atoms with Crippen LogP contribution in [0.1, 0.15) is 11.1 Å². The summed E-state index contributed by atoms with van der Waals surface area (Å²) >= 11 is 7.08. The Morgan fingerprint density at radius 2 is 1.07 bits per heavy atom. The van der Waals surface area contributed by atoms with Crippen molar-refractivity contribution in [3.63, 3.8) is 0 Å². The van der Waals surface area contributed by atoms with Gasteiger partial charge in [-0.3, -0.25) is 0 Å². The highest BCUT2D eigenvalue weighted by molar-refractivity contribution is 9.11. The fourth-order valence-corrected chi connectivity index (χ4v) is 4.10. The van der Waals surface area contributed by atoms with Gasteiger partial charge in [0.2, 0.25) is 0 Å². The minimum absolute atomic E-state index is 0.517. The molecule has 0 saturated carbocycles. The molecule has 4 aromatic rings. The lowest BCUT2D eigenvalue weighted by molar-refractivity contribution is 0.540. The van der Waals surface area contributed by atoms with E-state index in [2.05, 4.69) is 57.8 Å². The van der Waals surface area contributed by atoms with Crippen LogP contribution in [0.25, 0.3) is 34.3 Å². The number of rotatable bonds is 3. The van der Waals surface area contributed by atoms with Gasteiger partial charge >= 0.3 is 11.8 Å². The molecule has 28 heavy (non-hydrogen) atoms. The van der Waals surface area contributed by atoms with Crippen LogP contribution in [0.2, 0.25) is 0 Å². The highest BCUT2D eigenvalue weighted by atomic mass is 79.9. The third kappa shape index (κ3) is 4.21. The van der Waals surface area contributed by atoms with Gasteiger partial charge in [0.25, 0.3) is 0 Å². The maximum atomic E-state index is 6.12. The van der Waals surface area contributed by atoms with Crippen molar-refractivity contribution in [3.05, 3.63) is 86.8 Å². The maximum absolute atomic E-state index is 6.12. The van der Waals surface area contributed by atoms with Gasteiger partial charge in [-0.2, -0.15) is 4.42 Å². The number of benzene rings is 3. The van der Waals surface area contributed by atoms with Crippen LogP contribution in [0.4, 0.5) is 0 Å². The second-order valence-corrected chi connectivity index (χ2v) is 8.48. The molecule has 0 N–H and O–H groups in total. The zero-order valence-electron chi connectivity index (χ0n) is 15.4. The molecular weight excluding hydrogens is 480 g/mol. The van der Waals surface area contributed by atoms with Crippen molar-refractivity contribution in [2.24, 2.45) is 0 Å². The molecule has 3 nitrogen and oxygen atoms in total. The molecule has 5 heteroatoms. The van der Waals surface area contributed by atoms with Gasteiger partial charge in [0.1, 0.15) is 11.1 Å². The molecule has 0 unspecified atom stereocenters. The number of nitrogens with zero attached hydrogens (tertiary/aromatic N) is 2. The lowest BCUT2D eigenvalue weighted by atomic mass is 10.1. The van der Waals surface area contributed by atoms with Gasteiger partial charge in [0.15, 0.2) is 5.82 Å². The first-order chi connectivity index (χ1) is 13.5. The topological polar surface area (TPSA) is 37.1 Å². The lowest BCUT2D eigenvalue weighted by Gasteiger charge is -2.02. The van der Waals surface area contributed by atoms with Crippen LogP contribution in [0.15, 0.2) is 80.1 Å². The molecule has 0 fully saturated rings. The maximum Gasteiger partial charge on any atom is 0.464 e. The smallest absolute Gasteiger partial charge is 0.166 e. The Morgan fingerprint density at radius 1 is 0.607 bits per heavy atom. The zero-order chi connectivity index (χ0) is 19.7. The monoisotopic (exact) mass is 495 g/mol. The van der Waals surface area contributed by atoms with E-state index < -0.39 is 0 Å². The van der Waals surface area contributed by atoms with Gasteiger partial charge in [0, 0.05) is 14.5 Å². The van der Waals surface area contributed by atoms with E-state index in [9.17, 15) is 0 Å². The number of halogens is 2. The van der Waals surface area contributed by atoms with E-state index in [1.807, 2.05) is 54.6 Å². The van der Waals surface area contributed by atoms with E-state index in [1.54, 1.807) is 0 Å². The Kier molecular flexibility index (Phi) is 5.38. The van der Waals surface area contributed by atoms with Crippen LogP contribution in [0, 0.1) is 13.8 Å². The molecule has 0 aliphatic carbocycles. The fourth-order valence-electron chi connectivity index (χ4n) is 2.81. The van der Waals surface area contributed by atoms with E-state index in [1.165, 1.54) is 11.1 Å². The van der Waals surface area contributed by atoms with Gasteiger partial charge in [-0.05, 0) is 44.2 Å². The summed E-state index contributed by atoms with van der Waals surface area (Å²) in [5.41, 5.74) is 5.11. The average molecular weight is 497 g/mol. The van der Waals surface area contributed by atoms with E-state index >= 15 is 0 Å². The summed E-state index contributed by atoms with van der Waals surface area (Å²) in [6.45, 7) is 4.12. The van der Waals surface area contributed by atoms with Crippen molar-refractivity contribution < 1.29 is 4.42 Å². The van der Waals surface area contributed by atoms with Crippen LogP contribution < -0.4 is 0 Å². The molecule has 138 valence electrons. The predicted molar refractivity (Wildman–Crippen MR) is 120 cm³/mol. The van der Waals surface area contributed by atoms with Crippen LogP contribution in [0.3, 0.4) is 0 Å². The normalized spacial score (nSPS) is 10.9. The van der Waals surface area contributed by atoms with E-state index in [-0.39, 0.29) is 0 Å². The minimum atomic E-state index is 0.517. The Labute approximate surface area is 180 Å². The van der Waals surface area contributed by atoms with Crippen molar-refractivity contribution in [2.45, 2.75) is 13.8 Å². The summed E-state index contributed by atoms with van der Waals surface area (Å²) < 4.78 is 8.01. The molecule has 0 aliphatic rings. The summed E-state index contributed by atoms with van der Waals surface area (Å²) in [5, 5.41) is 0. The Hall–Kier alpha value is -2.37. The predicted octanol–water partition coefficient (Wildman–Crippen LogP) is 7.49. The Bertz CT molecular complexity index is 1060. The number of aryl methyl sites for hydroxylation is 2. The molecule has 0 amide bonds. The molecule has 4 rings (SSSR count). The minimum Gasteiger partial charge on any atom is -0.166 e. The molecular formula is C23H17Br2N2O+. The average Bonchev–Trinajstić information content (AvgIpc) is 2.68. The van der Waals surface area contributed by atoms with Crippen LogP contribution in [-0.4, -0.2) is 9.97 Å². The van der Waals surface area contributed by atoms with Crippen molar-refractivity contribution in [3.8, 4) is 34.3 Å². The lowest BCUT2D eigenvalue weighted by Crippen LogP contribution is -1.96. The van der Waals surface area contributed by atoms with Gasteiger partial charge in [0.05, 0.1) is 0 Å². The number of hydrogen-bond acceptors (Lipinski definition) is 2. The summed E-state index contributed by atoms with van der Waals surface area (Å²) in [5.74, 6) is 1.69. The second-order valence-electron chi connectivity index (χ2n) is 6.65. The highest BCUT2D eigenvalue weighted by Gasteiger charge is 2.24. The van der Waals surface area contributed by atoms with Crippen molar-refractivity contribution in [1.29, 1.82) is 0 Å². The summed E-state index contributed by atoms with van der Waals surface area (Å²) in [4.78, 5) is 9.41. The fraction of sp³-hybridized carbons (Fsp3) is 0.0870. The SMILES string of the molecule is Cc1ccc(-c2nc(-c3ccc(C)cc3)[o+]c(-c3cc(Br)cc(Br)c3)n2)cc1. The van der Waals surface area contributed by atoms with E-state index in [0.717, 1.165) is 25.6 Å². The third-order valence-electron chi connectivity index (χ3n) is 4.33. The number of hydrogen-bond donors (Lipinski definition) is 0. The Morgan fingerprint density at radius 3 is 1.61 bits per heavy atom. The molecule has 1 aromatic heterocycles. The Balaban J connectivity index is 1.92. The quantitative estimate of drug-likeness (QED) is 0.275. The molecule has 1 heterocycles. The standard InChI is InChI=1S/C23H17Br2N2O/c1-14-3-7-16(8-4-14)21-26-22(17-9-5-15(2)6-10-17)28-23(27-21)18-11-19(24)13-20(25)12-18/h3-13H,1-2H3/q+1. The molecule has 0 aliphatic heterocycles.